The minimum atomic E-state index is -0.668. The van der Waals surface area contributed by atoms with E-state index in [-0.39, 0.29) is 47.5 Å². The lowest BCUT2D eigenvalue weighted by atomic mass is 9.73. The zero-order valence-corrected chi connectivity index (χ0v) is 31.5. The third-order valence-electron chi connectivity index (χ3n) is 11.1. The van der Waals surface area contributed by atoms with Crippen molar-refractivity contribution in [2.75, 3.05) is 44.9 Å². The number of aliphatic hydroxyl groups is 2. The largest absolute Gasteiger partial charge is 0.462 e. The number of esters is 1. The maximum absolute atomic E-state index is 13.7. The number of fused-ring (bicyclic) bond motifs is 4. The molecule has 1 amide bonds. The monoisotopic (exact) mass is 728 g/mol. The molecule has 12 nitrogen and oxygen atoms in total. The Morgan fingerprint density at radius 2 is 1.88 bits per heavy atom. The highest BCUT2D eigenvalue weighted by atomic mass is 33.1. The van der Waals surface area contributed by atoms with Gasteiger partial charge in [-0.2, -0.15) is 0 Å². The number of carbonyl (C=O) groups is 2. The van der Waals surface area contributed by atoms with E-state index in [1.165, 1.54) is 6.92 Å². The molecule has 282 valence electrons. The highest BCUT2D eigenvalue weighted by Gasteiger charge is 2.46. The zero-order chi connectivity index (χ0) is 35.2. The Bertz CT molecular complexity index is 1060. The Kier molecular flexibility index (Phi) is 17.1. The normalized spacial score (nSPS) is 37.1. The molecular weight excluding hydrogens is 665 g/mol. The summed E-state index contributed by atoms with van der Waals surface area (Å²) in [4.78, 5) is 32.2. The lowest BCUT2D eigenvalue weighted by molar-refractivity contribution is -0.148. The summed E-state index contributed by atoms with van der Waals surface area (Å²) >= 11 is 0. The average Bonchev–Trinajstić information content (AvgIpc) is 3.34. The van der Waals surface area contributed by atoms with E-state index in [0.717, 1.165) is 76.5 Å². The number of nitrogens with zero attached hydrogens (tertiary/aromatic N) is 2. The molecule has 4 bridgehead atoms. The van der Waals surface area contributed by atoms with E-state index in [1.807, 2.05) is 4.90 Å². The summed E-state index contributed by atoms with van der Waals surface area (Å²) in [6.07, 6.45) is 10.5. The van der Waals surface area contributed by atoms with E-state index in [2.05, 4.69) is 15.6 Å². The first-order chi connectivity index (χ1) is 23.6. The van der Waals surface area contributed by atoms with Crippen molar-refractivity contribution < 1.29 is 29.3 Å². The van der Waals surface area contributed by atoms with Crippen LogP contribution < -0.4 is 22.1 Å². The van der Waals surface area contributed by atoms with Crippen LogP contribution in [0.5, 0.6) is 0 Å². The number of ether oxygens (including phenoxy) is 2. The minimum absolute atomic E-state index is 0.0212. The second kappa shape index (κ2) is 20.7. The molecule has 14 heteroatoms. The Morgan fingerprint density at radius 3 is 2.65 bits per heavy atom. The standard InChI is InChI=1S/C35H64N6O6S2/c1-24(42)47-29-9-8-25-15-27(33(45)30(16-25)46-2)21-41-22-35(20-32(41)44,19-26-10-12-38-31(36)17-26)11-13-39-34(37)40-23-49-48-14-6-4-3-5-7-28(43)18-29/h25-31,33,38,43,45H,3-23,36H2,1-2H3,(H3,37,39,40)/t25?,26?,27?,28-,29-,30?,31?,33?,35-/m0/s1. The lowest BCUT2D eigenvalue weighted by Gasteiger charge is -2.41. The first kappa shape index (κ1) is 40.5. The second-order valence-corrected chi connectivity index (χ2v) is 17.7. The van der Waals surface area contributed by atoms with Crippen molar-refractivity contribution in [3.63, 3.8) is 0 Å². The molecule has 49 heavy (non-hydrogen) atoms. The molecule has 9 atom stereocenters. The molecule has 0 aromatic heterocycles. The van der Waals surface area contributed by atoms with Gasteiger partial charge in [0, 0.05) is 58.2 Å². The number of aliphatic imine (C=N–C) groups is 1. The third-order valence-corrected chi connectivity index (χ3v) is 13.3. The number of amides is 1. The molecule has 1 saturated carbocycles. The third kappa shape index (κ3) is 13.6. The molecule has 3 fully saturated rings. The molecule has 0 spiro atoms. The van der Waals surface area contributed by atoms with Crippen LogP contribution in [-0.2, 0) is 19.1 Å². The van der Waals surface area contributed by atoms with Crippen LogP contribution in [0.1, 0.15) is 103 Å². The molecule has 3 heterocycles. The van der Waals surface area contributed by atoms with Crippen molar-refractivity contribution in [2.24, 2.45) is 39.6 Å². The minimum Gasteiger partial charge on any atom is -0.462 e. The summed E-state index contributed by atoms with van der Waals surface area (Å²) in [5.41, 5.74) is 12.3. The molecular formula is C35H64N6O6S2. The topological polar surface area (TPSA) is 185 Å². The van der Waals surface area contributed by atoms with Crippen molar-refractivity contribution in [3.8, 4) is 0 Å². The molecule has 1 aliphatic carbocycles. The first-order valence-corrected chi connectivity index (χ1v) is 21.2. The summed E-state index contributed by atoms with van der Waals surface area (Å²) in [7, 11) is 5.15. The van der Waals surface area contributed by atoms with Crippen LogP contribution in [0.3, 0.4) is 0 Å². The Morgan fingerprint density at radius 1 is 1.06 bits per heavy atom. The van der Waals surface area contributed by atoms with Crippen molar-refractivity contribution in [1.29, 1.82) is 0 Å². The van der Waals surface area contributed by atoms with Gasteiger partial charge in [-0.25, -0.2) is 4.99 Å². The number of methoxy groups -OCH3 is 1. The van der Waals surface area contributed by atoms with E-state index in [9.17, 15) is 19.8 Å². The molecule has 2 saturated heterocycles. The van der Waals surface area contributed by atoms with Crippen LogP contribution in [0.4, 0.5) is 0 Å². The summed E-state index contributed by atoms with van der Waals surface area (Å²) in [6.45, 7) is 4.09. The Balaban J connectivity index is 1.48. The molecule has 0 radical (unpaired) electrons. The van der Waals surface area contributed by atoms with E-state index < -0.39 is 12.2 Å². The van der Waals surface area contributed by atoms with Gasteiger partial charge < -0.3 is 46.7 Å². The maximum atomic E-state index is 13.7. The highest BCUT2D eigenvalue weighted by Crippen LogP contribution is 2.44. The second-order valence-electron chi connectivity index (χ2n) is 15.2. The first-order valence-electron chi connectivity index (χ1n) is 18.7. The summed E-state index contributed by atoms with van der Waals surface area (Å²) in [6, 6.07) is 0. The zero-order valence-electron chi connectivity index (χ0n) is 29.9. The van der Waals surface area contributed by atoms with Gasteiger partial charge in [0.05, 0.1) is 30.4 Å². The fraction of sp³-hybridized carbons (Fsp3) is 0.914. The van der Waals surface area contributed by atoms with Crippen molar-refractivity contribution >= 4 is 39.4 Å². The Hall–Kier alpha value is -1.29. The summed E-state index contributed by atoms with van der Waals surface area (Å²) < 4.78 is 11.5. The number of carbonyl (C=O) groups excluding carboxylic acids is 2. The summed E-state index contributed by atoms with van der Waals surface area (Å²) in [5.74, 6) is 2.43. The smallest absolute Gasteiger partial charge is 0.302 e. The molecule has 0 aromatic rings. The number of piperidine rings is 1. The van der Waals surface area contributed by atoms with Gasteiger partial charge in [0.1, 0.15) is 6.10 Å². The van der Waals surface area contributed by atoms with Crippen LogP contribution >= 0.6 is 21.6 Å². The van der Waals surface area contributed by atoms with E-state index in [0.29, 0.717) is 69.5 Å². The van der Waals surface area contributed by atoms with E-state index >= 15 is 0 Å². The van der Waals surface area contributed by atoms with Gasteiger partial charge in [-0.3, -0.25) is 9.59 Å². The molecule has 0 aromatic carbocycles. The quantitative estimate of drug-likeness (QED) is 0.184. The number of hydrogen-bond acceptors (Lipinski definition) is 13. The van der Waals surface area contributed by atoms with Crippen molar-refractivity contribution in [1.82, 2.24) is 15.5 Å². The van der Waals surface area contributed by atoms with E-state index in [4.69, 9.17) is 20.9 Å². The predicted octanol–water partition coefficient (Wildman–Crippen LogP) is 3.34. The predicted molar refractivity (Wildman–Crippen MR) is 198 cm³/mol. The highest BCUT2D eigenvalue weighted by molar-refractivity contribution is 8.76. The average molecular weight is 729 g/mol. The van der Waals surface area contributed by atoms with Crippen LogP contribution in [0.15, 0.2) is 4.99 Å². The number of nitrogens with one attached hydrogen (secondary N) is 2. The number of hydrogen-bond donors (Lipinski definition) is 6. The molecule has 4 rings (SSSR count). The molecule has 3 aliphatic heterocycles. The van der Waals surface area contributed by atoms with Crippen molar-refractivity contribution in [3.05, 3.63) is 0 Å². The van der Waals surface area contributed by atoms with Gasteiger partial charge >= 0.3 is 5.97 Å². The maximum Gasteiger partial charge on any atom is 0.302 e. The molecule has 6 unspecified atom stereocenters. The summed E-state index contributed by atoms with van der Waals surface area (Å²) in [5, 5.41) is 28.9. The number of rotatable bonds is 4. The lowest BCUT2D eigenvalue weighted by Crippen LogP contribution is -2.48. The SMILES string of the molecule is COC1CC2CC[C@H](OC(C)=O)C[C@@H](O)CCCCCCSSCN=C(N)NCC[C@]3(CC4CCNC(N)C4)CC(=O)N(CC(C2)C1O)C3. The number of aliphatic hydroxyl groups excluding tert-OH is 2. The van der Waals surface area contributed by atoms with Gasteiger partial charge in [-0.05, 0) is 88.0 Å². The van der Waals surface area contributed by atoms with Gasteiger partial charge in [0.25, 0.3) is 0 Å². The fourth-order valence-electron chi connectivity index (χ4n) is 8.66. The van der Waals surface area contributed by atoms with Crippen LogP contribution in [0, 0.1) is 23.2 Å². The van der Waals surface area contributed by atoms with Gasteiger partial charge in [0.15, 0.2) is 5.96 Å². The number of guanidine groups is 1. The van der Waals surface area contributed by atoms with Crippen LogP contribution in [0.2, 0.25) is 0 Å². The van der Waals surface area contributed by atoms with Gasteiger partial charge in [-0.1, -0.05) is 40.9 Å². The van der Waals surface area contributed by atoms with Crippen LogP contribution in [0.25, 0.3) is 0 Å². The molecule has 8 N–H and O–H groups in total. The fourth-order valence-corrected chi connectivity index (χ4v) is 10.5. The van der Waals surface area contributed by atoms with Gasteiger partial charge in [0.2, 0.25) is 5.91 Å². The Labute approximate surface area is 301 Å². The van der Waals surface area contributed by atoms with Crippen LogP contribution in [-0.4, -0.2) is 108 Å². The van der Waals surface area contributed by atoms with E-state index in [1.54, 1.807) is 28.7 Å². The molecule has 4 aliphatic rings. The van der Waals surface area contributed by atoms with Crippen molar-refractivity contribution in [2.45, 2.75) is 134 Å². The van der Waals surface area contributed by atoms with Gasteiger partial charge in [-0.15, -0.1) is 0 Å². The number of nitrogens with two attached hydrogens (primary N) is 2.